The average Bonchev–Trinajstić information content (AvgIpc) is 2.46. The predicted octanol–water partition coefficient (Wildman–Crippen LogP) is 3.65. The van der Waals surface area contributed by atoms with Crippen LogP contribution in [0, 0.1) is 0 Å². The van der Waals surface area contributed by atoms with Crippen LogP contribution in [-0.2, 0) is 6.54 Å². The van der Waals surface area contributed by atoms with Gasteiger partial charge in [-0.3, -0.25) is 0 Å². The van der Waals surface area contributed by atoms with Crippen molar-refractivity contribution >= 4 is 0 Å². The summed E-state index contributed by atoms with van der Waals surface area (Å²) in [6.07, 6.45) is 7.55. The third kappa shape index (κ3) is 4.13. The normalized spacial score (nSPS) is 16.3. The number of nitrogens with two attached hydrogens (primary N) is 1. The summed E-state index contributed by atoms with van der Waals surface area (Å²) in [4.78, 5) is 0. The first-order valence-electron chi connectivity index (χ1n) is 7.46. The number of ether oxygens (including phenoxy) is 2. The monoisotopic (exact) mass is 263 g/mol. The zero-order valence-corrected chi connectivity index (χ0v) is 11.9. The zero-order chi connectivity index (χ0) is 13.5. The lowest BCUT2D eigenvalue weighted by atomic mass is 9.97. The second-order valence-corrected chi connectivity index (χ2v) is 5.20. The molecule has 2 N–H and O–H groups in total. The molecule has 0 heterocycles. The lowest BCUT2D eigenvalue weighted by molar-refractivity contribution is 0.153. The highest BCUT2D eigenvalue weighted by atomic mass is 16.5. The van der Waals surface area contributed by atoms with Crippen LogP contribution in [0.15, 0.2) is 18.2 Å². The van der Waals surface area contributed by atoms with Gasteiger partial charge in [-0.15, -0.1) is 0 Å². The van der Waals surface area contributed by atoms with E-state index in [1.807, 2.05) is 18.2 Å². The second kappa shape index (κ2) is 7.39. The van der Waals surface area contributed by atoms with Gasteiger partial charge in [0.1, 0.15) is 11.5 Å². The minimum atomic E-state index is 0.348. The molecule has 0 amide bonds. The molecule has 1 aromatic rings. The van der Waals surface area contributed by atoms with E-state index in [4.69, 9.17) is 15.2 Å². The summed E-state index contributed by atoms with van der Waals surface area (Å²) in [6.45, 7) is 3.36. The molecule has 19 heavy (non-hydrogen) atoms. The van der Waals surface area contributed by atoms with Crippen LogP contribution in [0.25, 0.3) is 0 Å². The van der Waals surface area contributed by atoms with Crippen LogP contribution >= 0.6 is 0 Å². The van der Waals surface area contributed by atoms with Crippen LogP contribution in [0.2, 0.25) is 0 Å². The lowest BCUT2D eigenvalue weighted by Gasteiger charge is -2.24. The Bertz CT molecular complexity index is 386. The Hall–Kier alpha value is -1.22. The van der Waals surface area contributed by atoms with E-state index in [-0.39, 0.29) is 0 Å². The highest BCUT2D eigenvalue weighted by Crippen LogP contribution is 2.29. The van der Waals surface area contributed by atoms with E-state index in [2.05, 4.69) is 6.92 Å². The Kier molecular flexibility index (Phi) is 5.52. The Morgan fingerprint density at radius 1 is 1.21 bits per heavy atom. The summed E-state index contributed by atoms with van der Waals surface area (Å²) in [7, 11) is 0. The molecule has 2 rings (SSSR count). The lowest BCUT2D eigenvalue weighted by Crippen LogP contribution is -2.20. The molecule has 0 unspecified atom stereocenters. The molecule has 0 bridgehead atoms. The van der Waals surface area contributed by atoms with E-state index < -0.39 is 0 Å². The van der Waals surface area contributed by atoms with Gasteiger partial charge >= 0.3 is 0 Å². The maximum absolute atomic E-state index is 6.14. The fraction of sp³-hybridized carbons (Fsp3) is 0.625. The molecule has 0 spiro atoms. The topological polar surface area (TPSA) is 44.5 Å². The smallest absolute Gasteiger partial charge is 0.127 e. The molecule has 0 saturated heterocycles. The summed E-state index contributed by atoms with van der Waals surface area (Å²) >= 11 is 0. The van der Waals surface area contributed by atoms with E-state index in [1.54, 1.807) is 0 Å². The Labute approximate surface area is 116 Å². The summed E-state index contributed by atoms with van der Waals surface area (Å²) < 4.78 is 11.8. The summed E-state index contributed by atoms with van der Waals surface area (Å²) in [5.74, 6) is 1.79. The molecule has 1 saturated carbocycles. The van der Waals surface area contributed by atoms with Gasteiger partial charge in [0, 0.05) is 18.2 Å². The molecule has 0 aromatic heterocycles. The van der Waals surface area contributed by atoms with Crippen molar-refractivity contribution in [2.24, 2.45) is 5.73 Å². The van der Waals surface area contributed by atoms with Gasteiger partial charge in [0.05, 0.1) is 12.7 Å². The van der Waals surface area contributed by atoms with Crippen molar-refractivity contribution in [3.8, 4) is 11.5 Å². The van der Waals surface area contributed by atoms with E-state index in [0.717, 1.165) is 42.9 Å². The van der Waals surface area contributed by atoms with Crippen molar-refractivity contribution in [3.05, 3.63) is 23.8 Å². The second-order valence-electron chi connectivity index (χ2n) is 5.20. The van der Waals surface area contributed by atoms with Crippen LogP contribution in [0.5, 0.6) is 11.5 Å². The standard InChI is InChI=1S/C16H25NO2/c1-2-10-18-15-9-8-13(12-17)16(11-15)19-14-6-4-3-5-7-14/h8-9,11,14H,2-7,10,12,17H2,1H3. The number of benzene rings is 1. The molecule has 106 valence electrons. The van der Waals surface area contributed by atoms with E-state index in [1.165, 1.54) is 19.3 Å². The van der Waals surface area contributed by atoms with Crippen molar-refractivity contribution in [1.82, 2.24) is 0 Å². The van der Waals surface area contributed by atoms with Crippen LogP contribution in [-0.4, -0.2) is 12.7 Å². The molecular formula is C16H25NO2. The highest BCUT2D eigenvalue weighted by Gasteiger charge is 2.16. The average molecular weight is 263 g/mol. The quantitative estimate of drug-likeness (QED) is 0.852. The summed E-state index contributed by atoms with van der Waals surface area (Å²) in [5.41, 5.74) is 6.85. The Morgan fingerprint density at radius 2 is 2.00 bits per heavy atom. The molecule has 1 aliphatic carbocycles. The van der Waals surface area contributed by atoms with Gasteiger partial charge in [0.25, 0.3) is 0 Å². The molecule has 0 atom stereocenters. The van der Waals surface area contributed by atoms with Crippen molar-refractivity contribution in [1.29, 1.82) is 0 Å². The van der Waals surface area contributed by atoms with Crippen molar-refractivity contribution in [3.63, 3.8) is 0 Å². The van der Waals surface area contributed by atoms with Crippen molar-refractivity contribution in [2.45, 2.75) is 58.1 Å². The van der Waals surface area contributed by atoms with Crippen LogP contribution in [0.1, 0.15) is 51.0 Å². The van der Waals surface area contributed by atoms with Crippen LogP contribution in [0.4, 0.5) is 0 Å². The van der Waals surface area contributed by atoms with Crippen molar-refractivity contribution in [2.75, 3.05) is 6.61 Å². The first-order valence-corrected chi connectivity index (χ1v) is 7.46. The summed E-state index contributed by atoms with van der Waals surface area (Å²) in [5, 5.41) is 0. The van der Waals surface area contributed by atoms with E-state index >= 15 is 0 Å². The largest absolute Gasteiger partial charge is 0.493 e. The fourth-order valence-electron chi connectivity index (χ4n) is 2.49. The van der Waals surface area contributed by atoms with E-state index in [0.29, 0.717) is 12.6 Å². The Morgan fingerprint density at radius 3 is 2.68 bits per heavy atom. The molecule has 0 aliphatic heterocycles. The Balaban J connectivity index is 2.06. The fourth-order valence-corrected chi connectivity index (χ4v) is 2.49. The van der Waals surface area contributed by atoms with Gasteiger partial charge in [-0.1, -0.05) is 19.4 Å². The van der Waals surface area contributed by atoms with E-state index in [9.17, 15) is 0 Å². The number of hydrogen-bond donors (Lipinski definition) is 1. The summed E-state index contributed by atoms with van der Waals surface area (Å²) in [6, 6.07) is 5.99. The minimum Gasteiger partial charge on any atom is -0.493 e. The number of hydrogen-bond acceptors (Lipinski definition) is 3. The third-order valence-corrected chi connectivity index (χ3v) is 3.58. The molecule has 1 aromatic carbocycles. The van der Waals surface area contributed by atoms with Gasteiger partial charge in [-0.05, 0) is 38.2 Å². The predicted molar refractivity (Wildman–Crippen MR) is 77.6 cm³/mol. The zero-order valence-electron chi connectivity index (χ0n) is 11.9. The minimum absolute atomic E-state index is 0.348. The van der Waals surface area contributed by atoms with Crippen LogP contribution < -0.4 is 15.2 Å². The number of rotatable bonds is 6. The molecule has 1 aliphatic rings. The molecular weight excluding hydrogens is 238 g/mol. The van der Waals surface area contributed by atoms with Gasteiger partial charge < -0.3 is 15.2 Å². The molecule has 1 fully saturated rings. The molecule has 3 nitrogen and oxygen atoms in total. The SMILES string of the molecule is CCCOc1ccc(CN)c(OC2CCCCC2)c1. The first kappa shape index (κ1) is 14.2. The van der Waals surface area contributed by atoms with Gasteiger partial charge in [0.15, 0.2) is 0 Å². The van der Waals surface area contributed by atoms with Gasteiger partial charge in [0.2, 0.25) is 0 Å². The third-order valence-electron chi connectivity index (χ3n) is 3.58. The maximum Gasteiger partial charge on any atom is 0.127 e. The highest BCUT2D eigenvalue weighted by molar-refractivity contribution is 5.40. The van der Waals surface area contributed by atoms with Gasteiger partial charge in [-0.25, -0.2) is 0 Å². The first-order chi connectivity index (χ1) is 9.33. The molecule has 3 heteroatoms. The van der Waals surface area contributed by atoms with Crippen molar-refractivity contribution < 1.29 is 9.47 Å². The molecule has 0 radical (unpaired) electrons. The van der Waals surface area contributed by atoms with Gasteiger partial charge in [-0.2, -0.15) is 0 Å². The maximum atomic E-state index is 6.14. The van der Waals surface area contributed by atoms with Crippen LogP contribution in [0.3, 0.4) is 0 Å².